The molecule has 0 amide bonds. The number of nitrogen functional groups attached to an aromatic ring is 1. The van der Waals surface area contributed by atoms with E-state index in [4.69, 9.17) is 11.5 Å². The van der Waals surface area contributed by atoms with Gasteiger partial charge in [0.05, 0.1) is 11.9 Å². The highest BCUT2D eigenvalue weighted by atomic mass is 31.2. The first-order valence-corrected chi connectivity index (χ1v) is 10.6. The van der Waals surface area contributed by atoms with Crippen LogP contribution in [0.2, 0.25) is 0 Å². The van der Waals surface area contributed by atoms with Crippen LogP contribution in [0.25, 0.3) is 6.08 Å². The molecule has 2 rings (SSSR count). The first-order valence-electron chi connectivity index (χ1n) is 8.64. The SMILES string of the molecule is Nc1ccc(/C=C(\CP(=O)(O)C(N)CC2CCCCC2)C(=O)O)cc1. The van der Waals surface area contributed by atoms with Gasteiger partial charge >= 0.3 is 5.97 Å². The zero-order valence-electron chi connectivity index (χ0n) is 14.3. The molecule has 1 aliphatic rings. The minimum Gasteiger partial charge on any atom is -0.478 e. The van der Waals surface area contributed by atoms with Crippen LogP contribution in [0.3, 0.4) is 0 Å². The summed E-state index contributed by atoms with van der Waals surface area (Å²) in [4.78, 5) is 21.9. The first kappa shape index (κ1) is 19.7. The molecule has 6 nitrogen and oxygen atoms in total. The molecule has 0 bridgehead atoms. The van der Waals surface area contributed by atoms with E-state index >= 15 is 0 Å². The standard InChI is InChI=1S/C18H27N2O4P/c19-16-8-6-14(7-9-16)10-15(18(21)22)12-25(23,24)17(20)11-13-4-2-1-3-5-13/h6-10,13,17H,1-5,11-12,19-20H2,(H,21,22)(H,23,24)/b15-10+. The lowest BCUT2D eigenvalue weighted by molar-refractivity contribution is -0.132. The van der Waals surface area contributed by atoms with Crippen molar-refractivity contribution in [2.24, 2.45) is 11.7 Å². The molecule has 1 saturated carbocycles. The molecule has 138 valence electrons. The van der Waals surface area contributed by atoms with Crippen molar-refractivity contribution in [3.8, 4) is 0 Å². The summed E-state index contributed by atoms with van der Waals surface area (Å²) in [7, 11) is -3.80. The van der Waals surface area contributed by atoms with Gasteiger partial charge < -0.3 is 21.5 Å². The summed E-state index contributed by atoms with van der Waals surface area (Å²) in [5, 5.41) is 9.39. The fraction of sp³-hybridized carbons (Fsp3) is 0.500. The molecule has 6 N–H and O–H groups in total. The van der Waals surface area contributed by atoms with Gasteiger partial charge in [-0.15, -0.1) is 0 Å². The number of carboxylic acid groups (broad SMARTS) is 1. The molecule has 1 fully saturated rings. The number of hydrogen-bond acceptors (Lipinski definition) is 4. The predicted molar refractivity (Wildman–Crippen MR) is 100 cm³/mol. The third-order valence-electron chi connectivity index (χ3n) is 4.77. The molecule has 7 heteroatoms. The third kappa shape index (κ3) is 5.99. The summed E-state index contributed by atoms with van der Waals surface area (Å²) in [5.41, 5.74) is 12.7. The van der Waals surface area contributed by atoms with E-state index in [1.165, 1.54) is 12.5 Å². The number of nitrogens with two attached hydrogens (primary N) is 2. The lowest BCUT2D eigenvalue weighted by atomic mass is 9.87. The van der Waals surface area contributed by atoms with E-state index in [9.17, 15) is 19.4 Å². The van der Waals surface area contributed by atoms with Gasteiger partial charge in [-0.3, -0.25) is 4.57 Å². The number of carbonyl (C=O) groups is 1. The number of carboxylic acids is 1. The number of hydrogen-bond donors (Lipinski definition) is 4. The zero-order valence-corrected chi connectivity index (χ0v) is 15.2. The normalized spacial score (nSPS) is 20.0. The van der Waals surface area contributed by atoms with Crippen molar-refractivity contribution in [1.82, 2.24) is 0 Å². The van der Waals surface area contributed by atoms with E-state index in [1.807, 2.05) is 0 Å². The summed E-state index contributed by atoms with van der Waals surface area (Å²) in [6.45, 7) is 0. The summed E-state index contributed by atoms with van der Waals surface area (Å²) < 4.78 is 12.7. The molecule has 2 atom stereocenters. The van der Waals surface area contributed by atoms with Crippen molar-refractivity contribution in [3.63, 3.8) is 0 Å². The Hall–Kier alpha value is -1.62. The van der Waals surface area contributed by atoms with Crippen LogP contribution in [0.15, 0.2) is 29.8 Å². The van der Waals surface area contributed by atoms with Crippen LogP contribution in [0.4, 0.5) is 5.69 Å². The topological polar surface area (TPSA) is 127 Å². The second kappa shape index (κ2) is 8.65. The minimum atomic E-state index is -3.80. The van der Waals surface area contributed by atoms with Crippen molar-refractivity contribution in [2.45, 2.75) is 44.3 Å². The Bertz CT molecular complexity index is 666. The summed E-state index contributed by atoms with van der Waals surface area (Å²) in [6, 6.07) is 6.64. The van der Waals surface area contributed by atoms with Gasteiger partial charge in [0.2, 0.25) is 7.37 Å². The molecule has 0 saturated heterocycles. The van der Waals surface area contributed by atoms with Crippen molar-refractivity contribution in [3.05, 3.63) is 35.4 Å². The van der Waals surface area contributed by atoms with Crippen LogP contribution in [0.5, 0.6) is 0 Å². The van der Waals surface area contributed by atoms with Crippen LogP contribution in [-0.2, 0) is 9.36 Å². The highest BCUT2D eigenvalue weighted by Crippen LogP contribution is 2.49. The van der Waals surface area contributed by atoms with E-state index in [0.717, 1.165) is 25.7 Å². The first-order chi connectivity index (χ1) is 11.8. The van der Waals surface area contributed by atoms with E-state index < -0.39 is 25.3 Å². The molecule has 1 aromatic carbocycles. The lowest BCUT2D eigenvalue weighted by Crippen LogP contribution is -2.27. The summed E-state index contributed by atoms with van der Waals surface area (Å²) >= 11 is 0. The zero-order chi connectivity index (χ0) is 18.4. The van der Waals surface area contributed by atoms with E-state index in [2.05, 4.69) is 0 Å². The number of anilines is 1. The van der Waals surface area contributed by atoms with Gasteiger partial charge in [-0.1, -0.05) is 44.2 Å². The van der Waals surface area contributed by atoms with E-state index in [0.29, 0.717) is 23.6 Å². The second-order valence-corrected chi connectivity index (χ2v) is 9.35. The Morgan fingerprint density at radius 2 is 1.84 bits per heavy atom. The van der Waals surface area contributed by atoms with Crippen molar-refractivity contribution in [1.29, 1.82) is 0 Å². The fourth-order valence-electron chi connectivity index (χ4n) is 3.26. The van der Waals surface area contributed by atoms with Crippen molar-refractivity contribution >= 4 is 25.1 Å². The second-order valence-electron chi connectivity index (χ2n) is 6.86. The summed E-state index contributed by atoms with van der Waals surface area (Å²) in [5.74, 6) is -1.74. The van der Waals surface area contributed by atoms with Gasteiger partial charge in [-0.05, 0) is 36.1 Å². The third-order valence-corrected chi connectivity index (χ3v) is 6.81. The smallest absolute Gasteiger partial charge is 0.332 e. The predicted octanol–water partition coefficient (Wildman–Crippen LogP) is 3.26. The van der Waals surface area contributed by atoms with Gasteiger partial charge in [0, 0.05) is 11.3 Å². The number of benzene rings is 1. The maximum Gasteiger partial charge on any atom is 0.332 e. The Labute approximate surface area is 148 Å². The van der Waals surface area contributed by atoms with E-state index in [1.54, 1.807) is 24.3 Å². The quantitative estimate of drug-likeness (QED) is 0.333. The van der Waals surface area contributed by atoms with Gasteiger partial charge in [0.25, 0.3) is 0 Å². The Morgan fingerprint density at radius 3 is 2.40 bits per heavy atom. The average molecular weight is 366 g/mol. The largest absolute Gasteiger partial charge is 0.478 e. The molecule has 0 aromatic heterocycles. The fourth-order valence-corrected chi connectivity index (χ4v) is 4.84. The van der Waals surface area contributed by atoms with Crippen LogP contribution in [0.1, 0.15) is 44.1 Å². The molecular formula is C18H27N2O4P. The molecule has 1 aromatic rings. The lowest BCUT2D eigenvalue weighted by Gasteiger charge is -2.27. The maximum atomic E-state index is 12.7. The molecule has 1 aliphatic carbocycles. The molecule has 0 aliphatic heterocycles. The molecule has 0 spiro atoms. The minimum absolute atomic E-state index is 0.116. The van der Waals surface area contributed by atoms with Crippen LogP contribution in [0, 0.1) is 5.92 Å². The highest BCUT2D eigenvalue weighted by Gasteiger charge is 2.32. The molecule has 0 radical (unpaired) electrons. The van der Waals surface area contributed by atoms with Crippen LogP contribution >= 0.6 is 7.37 Å². The van der Waals surface area contributed by atoms with Crippen molar-refractivity contribution < 1.29 is 19.4 Å². The Balaban J connectivity index is 2.09. The van der Waals surface area contributed by atoms with Crippen molar-refractivity contribution in [2.75, 3.05) is 11.9 Å². The molecule has 25 heavy (non-hydrogen) atoms. The van der Waals surface area contributed by atoms with Gasteiger partial charge in [-0.2, -0.15) is 0 Å². The molecular weight excluding hydrogens is 339 g/mol. The van der Waals surface area contributed by atoms with Gasteiger partial charge in [0.1, 0.15) is 0 Å². The monoisotopic (exact) mass is 366 g/mol. The highest BCUT2D eigenvalue weighted by molar-refractivity contribution is 7.59. The Morgan fingerprint density at radius 1 is 1.24 bits per heavy atom. The Kier molecular flexibility index (Phi) is 6.82. The van der Waals surface area contributed by atoms with Crippen LogP contribution < -0.4 is 11.5 Å². The molecule has 2 unspecified atom stereocenters. The number of aliphatic carboxylic acids is 1. The van der Waals surface area contributed by atoms with Gasteiger partial charge in [-0.25, -0.2) is 4.79 Å². The number of rotatable bonds is 7. The molecule has 0 heterocycles. The maximum absolute atomic E-state index is 12.7. The van der Waals surface area contributed by atoms with E-state index in [-0.39, 0.29) is 5.57 Å². The summed E-state index contributed by atoms with van der Waals surface area (Å²) in [6.07, 6.45) is 6.97. The average Bonchev–Trinajstić information content (AvgIpc) is 2.57. The van der Waals surface area contributed by atoms with Gasteiger partial charge in [0.15, 0.2) is 0 Å². The van der Waals surface area contributed by atoms with Crippen LogP contribution in [-0.4, -0.2) is 27.9 Å².